The maximum absolute atomic E-state index is 13.0. The highest BCUT2D eigenvalue weighted by atomic mass is 32.1. The Morgan fingerprint density at radius 3 is 2.37 bits per heavy atom. The van der Waals surface area contributed by atoms with Crippen molar-refractivity contribution in [2.45, 2.75) is 6.92 Å². The van der Waals surface area contributed by atoms with Gasteiger partial charge in [0, 0.05) is 44.0 Å². The second-order valence-corrected chi connectivity index (χ2v) is 8.17. The average molecular weight is 388 g/mol. The van der Waals surface area contributed by atoms with Gasteiger partial charge in [0.2, 0.25) is 5.91 Å². The summed E-state index contributed by atoms with van der Waals surface area (Å²) in [7, 11) is 0. The van der Waals surface area contributed by atoms with E-state index in [1.165, 1.54) is 0 Å². The van der Waals surface area contributed by atoms with Crippen LogP contribution < -0.4 is 0 Å². The van der Waals surface area contributed by atoms with Crippen LogP contribution in [0.1, 0.15) is 15.2 Å². The summed E-state index contributed by atoms with van der Waals surface area (Å²) in [6.45, 7) is 7.92. The number of morpholine rings is 1. The summed E-state index contributed by atoms with van der Waals surface area (Å²) >= 11 is 1.57. The number of carbonyl (C=O) groups excluding carboxylic acids is 2. The van der Waals surface area contributed by atoms with Crippen LogP contribution >= 0.6 is 11.3 Å². The molecule has 0 unspecified atom stereocenters. The van der Waals surface area contributed by atoms with Crippen LogP contribution in [0.5, 0.6) is 0 Å². The molecule has 0 radical (unpaired) electrons. The zero-order chi connectivity index (χ0) is 18.8. The fraction of sp³-hybridized carbons (Fsp3) is 0.500. The number of hydrogen-bond donors (Lipinski definition) is 0. The van der Waals surface area contributed by atoms with Gasteiger partial charge in [-0.3, -0.25) is 14.5 Å². The first-order chi connectivity index (χ1) is 13.1. The van der Waals surface area contributed by atoms with E-state index in [2.05, 4.69) is 17.0 Å². The lowest BCUT2D eigenvalue weighted by Crippen LogP contribution is -2.53. The number of hydrogen-bond acceptors (Lipinski definition) is 5. The molecule has 2 amide bonds. The van der Waals surface area contributed by atoms with Crippen molar-refractivity contribution in [3.63, 3.8) is 0 Å². The third kappa shape index (κ3) is 3.85. The fourth-order valence-corrected chi connectivity index (χ4v) is 4.91. The van der Waals surface area contributed by atoms with Crippen molar-refractivity contribution in [2.24, 2.45) is 0 Å². The van der Waals surface area contributed by atoms with Crippen LogP contribution in [0.3, 0.4) is 0 Å². The highest BCUT2D eigenvalue weighted by molar-refractivity contribution is 7.21. The minimum Gasteiger partial charge on any atom is -0.379 e. The minimum atomic E-state index is 0.0916. The molecule has 2 saturated heterocycles. The molecule has 0 bridgehead atoms. The van der Waals surface area contributed by atoms with Crippen LogP contribution in [-0.2, 0) is 9.53 Å². The Labute approximate surface area is 163 Å². The normalized spacial score (nSPS) is 18.9. The van der Waals surface area contributed by atoms with Crippen molar-refractivity contribution in [2.75, 3.05) is 59.0 Å². The first kappa shape index (κ1) is 18.4. The molecule has 7 heteroatoms. The number of ether oxygens (including phenoxy) is 1. The average Bonchev–Trinajstić information content (AvgIpc) is 3.05. The fourth-order valence-electron chi connectivity index (χ4n) is 3.73. The van der Waals surface area contributed by atoms with Gasteiger partial charge >= 0.3 is 0 Å². The highest BCUT2D eigenvalue weighted by Crippen LogP contribution is 2.31. The van der Waals surface area contributed by atoms with Crippen molar-refractivity contribution in [3.05, 3.63) is 34.7 Å². The number of rotatable bonds is 3. The topological polar surface area (TPSA) is 53.1 Å². The third-order valence-electron chi connectivity index (χ3n) is 5.42. The summed E-state index contributed by atoms with van der Waals surface area (Å²) in [5.74, 6) is 0.246. The van der Waals surface area contributed by atoms with E-state index < -0.39 is 0 Å². The molecule has 0 spiro atoms. The first-order valence-corrected chi connectivity index (χ1v) is 10.3. The van der Waals surface area contributed by atoms with Gasteiger partial charge in [0.15, 0.2) is 0 Å². The van der Waals surface area contributed by atoms with Crippen LogP contribution in [0.15, 0.2) is 24.3 Å². The van der Waals surface area contributed by atoms with Crippen LogP contribution in [0, 0.1) is 6.92 Å². The molecule has 0 aliphatic carbocycles. The number of aryl methyl sites for hydroxylation is 1. The van der Waals surface area contributed by atoms with Gasteiger partial charge in [-0.2, -0.15) is 0 Å². The predicted octanol–water partition coefficient (Wildman–Crippen LogP) is 1.83. The Kier molecular flexibility index (Phi) is 5.43. The number of piperazine rings is 1. The molecule has 6 nitrogen and oxygen atoms in total. The smallest absolute Gasteiger partial charge is 0.264 e. The summed E-state index contributed by atoms with van der Waals surface area (Å²) in [4.78, 5) is 32.3. The summed E-state index contributed by atoms with van der Waals surface area (Å²) in [6, 6.07) is 8.15. The van der Waals surface area contributed by atoms with Crippen molar-refractivity contribution < 1.29 is 14.3 Å². The second-order valence-electron chi connectivity index (χ2n) is 7.11. The Bertz CT molecular complexity index is 836. The molecule has 3 heterocycles. The second kappa shape index (κ2) is 7.96. The summed E-state index contributed by atoms with van der Waals surface area (Å²) < 4.78 is 6.48. The van der Waals surface area contributed by atoms with E-state index in [-0.39, 0.29) is 11.8 Å². The van der Waals surface area contributed by atoms with Crippen molar-refractivity contribution in [3.8, 4) is 0 Å². The summed E-state index contributed by atoms with van der Waals surface area (Å²) in [5, 5.41) is 1.16. The molecule has 27 heavy (non-hydrogen) atoms. The molecule has 2 fully saturated rings. The SMILES string of the molecule is Cc1c(C(=O)N2CCN(C(=O)CN3CCOCC3)CC2)sc2ccccc12. The zero-order valence-electron chi connectivity index (χ0n) is 15.6. The van der Waals surface area contributed by atoms with Gasteiger partial charge in [-0.05, 0) is 23.9 Å². The quantitative estimate of drug-likeness (QED) is 0.806. The molecular formula is C20H25N3O3S. The van der Waals surface area contributed by atoms with E-state index in [9.17, 15) is 9.59 Å². The lowest BCUT2D eigenvalue weighted by Gasteiger charge is -2.36. The maximum atomic E-state index is 13.0. The lowest BCUT2D eigenvalue weighted by molar-refractivity contribution is -0.134. The van der Waals surface area contributed by atoms with Gasteiger partial charge in [-0.15, -0.1) is 11.3 Å². The lowest BCUT2D eigenvalue weighted by atomic mass is 10.1. The van der Waals surface area contributed by atoms with Gasteiger partial charge in [0.25, 0.3) is 5.91 Å². The molecule has 0 atom stereocenters. The molecule has 4 rings (SSSR count). The van der Waals surface area contributed by atoms with E-state index in [0.717, 1.165) is 33.6 Å². The highest BCUT2D eigenvalue weighted by Gasteiger charge is 2.28. The molecular weight excluding hydrogens is 362 g/mol. The zero-order valence-corrected chi connectivity index (χ0v) is 16.5. The van der Waals surface area contributed by atoms with Crippen molar-refractivity contribution in [1.29, 1.82) is 0 Å². The first-order valence-electron chi connectivity index (χ1n) is 9.49. The van der Waals surface area contributed by atoms with Gasteiger partial charge in [-0.1, -0.05) is 18.2 Å². The minimum absolute atomic E-state index is 0.0916. The molecule has 2 aromatic rings. The number of fused-ring (bicyclic) bond motifs is 1. The Balaban J connectivity index is 1.36. The molecule has 2 aliphatic heterocycles. The van der Waals surface area contributed by atoms with E-state index in [1.807, 2.05) is 28.9 Å². The van der Waals surface area contributed by atoms with Gasteiger partial charge in [0.1, 0.15) is 0 Å². The Morgan fingerprint density at radius 1 is 1.00 bits per heavy atom. The van der Waals surface area contributed by atoms with E-state index >= 15 is 0 Å². The summed E-state index contributed by atoms with van der Waals surface area (Å²) in [6.07, 6.45) is 0. The predicted molar refractivity (Wildman–Crippen MR) is 106 cm³/mol. The van der Waals surface area contributed by atoms with Gasteiger partial charge in [-0.25, -0.2) is 0 Å². The molecule has 2 aliphatic rings. The Morgan fingerprint density at radius 2 is 1.67 bits per heavy atom. The molecule has 0 N–H and O–H groups in total. The van der Waals surface area contributed by atoms with E-state index in [4.69, 9.17) is 4.74 Å². The molecule has 1 aromatic carbocycles. The third-order valence-corrected chi connectivity index (χ3v) is 6.68. The Hall–Kier alpha value is -1.96. The maximum Gasteiger partial charge on any atom is 0.264 e. The van der Waals surface area contributed by atoms with Gasteiger partial charge in [0.05, 0.1) is 24.6 Å². The number of benzene rings is 1. The molecule has 144 valence electrons. The monoisotopic (exact) mass is 387 g/mol. The van der Waals surface area contributed by atoms with Crippen LogP contribution in [-0.4, -0.2) is 85.5 Å². The standard InChI is InChI=1S/C20H25N3O3S/c1-15-16-4-2-3-5-17(16)27-19(15)20(25)23-8-6-22(7-9-23)18(24)14-21-10-12-26-13-11-21/h2-5H,6-14H2,1H3. The largest absolute Gasteiger partial charge is 0.379 e. The number of thiophene rings is 1. The van der Waals surface area contributed by atoms with E-state index in [1.54, 1.807) is 11.3 Å². The van der Waals surface area contributed by atoms with Crippen LogP contribution in [0.4, 0.5) is 0 Å². The van der Waals surface area contributed by atoms with Crippen molar-refractivity contribution in [1.82, 2.24) is 14.7 Å². The summed E-state index contributed by atoms with van der Waals surface area (Å²) in [5.41, 5.74) is 1.06. The van der Waals surface area contributed by atoms with Crippen molar-refractivity contribution >= 4 is 33.2 Å². The van der Waals surface area contributed by atoms with Gasteiger partial charge < -0.3 is 14.5 Å². The molecule has 1 aromatic heterocycles. The number of nitrogens with zero attached hydrogens (tertiary/aromatic N) is 3. The van der Waals surface area contributed by atoms with E-state index in [0.29, 0.717) is 45.9 Å². The number of carbonyl (C=O) groups is 2. The van der Waals surface area contributed by atoms with Crippen LogP contribution in [0.2, 0.25) is 0 Å². The van der Waals surface area contributed by atoms with Crippen LogP contribution in [0.25, 0.3) is 10.1 Å². The molecule has 0 saturated carbocycles. The number of amides is 2.